The lowest BCUT2D eigenvalue weighted by atomic mass is 10.1. The first kappa shape index (κ1) is 24.0. The highest BCUT2D eigenvalue weighted by molar-refractivity contribution is 7.16. The minimum atomic E-state index is -0.598. The molecule has 0 aliphatic rings. The molecule has 0 spiro atoms. The summed E-state index contributed by atoms with van der Waals surface area (Å²) in [6.45, 7) is 3.76. The Balaban J connectivity index is 2.17. The Kier molecular flexibility index (Phi) is 7.83. The highest BCUT2D eigenvalue weighted by atomic mass is 32.1. The van der Waals surface area contributed by atoms with E-state index >= 15 is 0 Å². The quantitative estimate of drug-likeness (QED) is 0.464. The standard InChI is InChI=1S/C23H24N2O7S/c1-5-31-19(26)13-25-15-11-10-14(22(28)32-6-2)12-18(15)33-23(25)24-21(27)20-16(29-3)8-7-9-17(20)30-4/h7-12H,5-6,13H2,1-4H3. The summed E-state index contributed by atoms with van der Waals surface area (Å²) in [5.74, 6) is -0.913. The fraction of sp³-hybridized carbons (Fsp3) is 0.304. The fourth-order valence-corrected chi connectivity index (χ4v) is 4.26. The van der Waals surface area contributed by atoms with E-state index in [0.29, 0.717) is 27.3 Å². The highest BCUT2D eigenvalue weighted by Gasteiger charge is 2.20. The maximum atomic E-state index is 13.2. The molecule has 0 aliphatic heterocycles. The third kappa shape index (κ3) is 5.23. The van der Waals surface area contributed by atoms with Gasteiger partial charge in [0.1, 0.15) is 23.6 Å². The number of hydrogen-bond donors (Lipinski definition) is 0. The Hall–Kier alpha value is -3.66. The topological polar surface area (TPSA) is 105 Å². The lowest BCUT2D eigenvalue weighted by Gasteiger charge is -2.10. The molecule has 1 aromatic heterocycles. The van der Waals surface area contributed by atoms with Gasteiger partial charge in [-0.2, -0.15) is 4.99 Å². The number of carbonyl (C=O) groups is 3. The van der Waals surface area contributed by atoms with Crippen LogP contribution in [0.15, 0.2) is 41.4 Å². The number of nitrogens with zero attached hydrogens (tertiary/aromatic N) is 2. The van der Waals surface area contributed by atoms with Crippen LogP contribution in [0.4, 0.5) is 0 Å². The van der Waals surface area contributed by atoms with Crippen molar-refractivity contribution in [2.24, 2.45) is 4.99 Å². The number of carbonyl (C=O) groups excluding carboxylic acids is 3. The van der Waals surface area contributed by atoms with Crippen molar-refractivity contribution in [1.29, 1.82) is 0 Å². The first-order valence-electron chi connectivity index (χ1n) is 10.2. The normalized spacial score (nSPS) is 11.3. The van der Waals surface area contributed by atoms with Crippen LogP contribution in [-0.2, 0) is 20.8 Å². The minimum absolute atomic E-state index is 0.151. The van der Waals surface area contributed by atoms with Gasteiger partial charge in [0.15, 0.2) is 4.80 Å². The molecular formula is C23H24N2O7S. The van der Waals surface area contributed by atoms with Crippen LogP contribution in [0, 0.1) is 0 Å². The van der Waals surface area contributed by atoms with Crippen molar-refractivity contribution < 1.29 is 33.3 Å². The third-order valence-corrected chi connectivity index (χ3v) is 5.67. The first-order valence-corrected chi connectivity index (χ1v) is 11.0. The van der Waals surface area contributed by atoms with Gasteiger partial charge in [-0.3, -0.25) is 9.59 Å². The molecule has 174 valence electrons. The fourth-order valence-electron chi connectivity index (χ4n) is 3.19. The summed E-state index contributed by atoms with van der Waals surface area (Å²) in [4.78, 5) is 42.1. The zero-order valence-electron chi connectivity index (χ0n) is 18.7. The Morgan fingerprint density at radius 2 is 1.64 bits per heavy atom. The summed E-state index contributed by atoms with van der Waals surface area (Å²) < 4.78 is 23.0. The van der Waals surface area contributed by atoms with Crippen LogP contribution >= 0.6 is 11.3 Å². The van der Waals surface area contributed by atoms with Crippen molar-refractivity contribution in [2.45, 2.75) is 20.4 Å². The van der Waals surface area contributed by atoms with Gasteiger partial charge in [-0.05, 0) is 44.2 Å². The zero-order valence-corrected chi connectivity index (χ0v) is 19.6. The number of amides is 1. The van der Waals surface area contributed by atoms with E-state index in [0.717, 1.165) is 11.3 Å². The first-order chi connectivity index (χ1) is 15.9. The molecule has 3 rings (SSSR count). The molecule has 9 nitrogen and oxygen atoms in total. The lowest BCUT2D eigenvalue weighted by Crippen LogP contribution is -2.23. The minimum Gasteiger partial charge on any atom is -0.496 e. The number of rotatable bonds is 8. The SMILES string of the molecule is CCOC(=O)Cn1c(=NC(=O)c2c(OC)cccc2OC)sc2cc(C(=O)OCC)ccc21. The Morgan fingerprint density at radius 3 is 2.24 bits per heavy atom. The molecule has 10 heteroatoms. The van der Waals surface area contributed by atoms with Gasteiger partial charge in [-0.25, -0.2) is 4.79 Å². The van der Waals surface area contributed by atoms with E-state index in [4.69, 9.17) is 18.9 Å². The van der Waals surface area contributed by atoms with Crippen LogP contribution in [0.5, 0.6) is 11.5 Å². The summed E-state index contributed by atoms with van der Waals surface area (Å²) in [7, 11) is 2.89. The van der Waals surface area contributed by atoms with Crippen LogP contribution in [0.3, 0.4) is 0 Å². The number of esters is 2. The maximum absolute atomic E-state index is 13.2. The molecule has 2 aromatic carbocycles. The zero-order chi connectivity index (χ0) is 24.0. The predicted molar refractivity (Wildman–Crippen MR) is 122 cm³/mol. The third-order valence-electron chi connectivity index (χ3n) is 4.63. The number of benzene rings is 2. The molecule has 0 aliphatic carbocycles. The van der Waals surface area contributed by atoms with Crippen molar-refractivity contribution in [3.8, 4) is 11.5 Å². The largest absolute Gasteiger partial charge is 0.496 e. The Morgan fingerprint density at radius 1 is 0.970 bits per heavy atom. The van der Waals surface area contributed by atoms with Crippen LogP contribution in [-0.4, -0.2) is 49.8 Å². The number of methoxy groups -OCH3 is 2. The summed E-state index contributed by atoms with van der Waals surface area (Å²) >= 11 is 1.16. The summed E-state index contributed by atoms with van der Waals surface area (Å²) in [5.41, 5.74) is 1.15. The second-order valence-corrected chi connectivity index (χ2v) is 7.64. The summed E-state index contributed by atoms with van der Waals surface area (Å²) in [6.07, 6.45) is 0. The number of aromatic nitrogens is 1. The molecule has 0 saturated carbocycles. The molecule has 3 aromatic rings. The number of ether oxygens (including phenoxy) is 4. The number of hydrogen-bond acceptors (Lipinski definition) is 8. The van der Waals surface area contributed by atoms with Crippen molar-refractivity contribution in [1.82, 2.24) is 4.57 Å². The predicted octanol–water partition coefficient (Wildman–Crippen LogP) is 3.20. The van der Waals surface area contributed by atoms with Crippen LogP contribution < -0.4 is 14.3 Å². The van der Waals surface area contributed by atoms with Crippen LogP contribution in [0.1, 0.15) is 34.6 Å². The molecule has 33 heavy (non-hydrogen) atoms. The van der Waals surface area contributed by atoms with E-state index in [2.05, 4.69) is 4.99 Å². The molecule has 0 saturated heterocycles. The molecule has 0 fully saturated rings. The van der Waals surface area contributed by atoms with Gasteiger partial charge in [0.05, 0.1) is 43.2 Å². The highest BCUT2D eigenvalue weighted by Crippen LogP contribution is 2.29. The molecule has 0 atom stereocenters. The monoisotopic (exact) mass is 472 g/mol. The van der Waals surface area contributed by atoms with E-state index in [9.17, 15) is 14.4 Å². The molecule has 0 N–H and O–H groups in total. The Labute approximate surface area is 194 Å². The van der Waals surface area contributed by atoms with Crippen LogP contribution in [0.2, 0.25) is 0 Å². The van der Waals surface area contributed by atoms with E-state index in [1.165, 1.54) is 14.2 Å². The van der Waals surface area contributed by atoms with Gasteiger partial charge in [0.2, 0.25) is 0 Å². The smallest absolute Gasteiger partial charge is 0.338 e. The number of fused-ring (bicyclic) bond motifs is 1. The van der Waals surface area contributed by atoms with Gasteiger partial charge >= 0.3 is 11.9 Å². The molecular weight excluding hydrogens is 448 g/mol. The number of thiazole rings is 1. The summed E-state index contributed by atoms with van der Waals surface area (Å²) in [6, 6.07) is 9.90. The molecule has 1 amide bonds. The van der Waals surface area contributed by atoms with Crippen molar-refractivity contribution in [2.75, 3.05) is 27.4 Å². The van der Waals surface area contributed by atoms with Gasteiger partial charge < -0.3 is 23.5 Å². The van der Waals surface area contributed by atoms with Gasteiger partial charge in [0.25, 0.3) is 5.91 Å². The van der Waals surface area contributed by atoms with Crippen LogP contribution in [0.25, 0.3) is 10.2 Å². The van der Waals surface area contributed by atoms with Gasteiger partial charge in [0, 0.05) is 0 Å². The molecule has 0 radical (unpaired) electrons. The maximum Gasteiger partial charge on any atom is 0.338 e. The van der Waals surface area contributed by atoms with Crippen molar-refractivity contribution in [3.05, 3.63) is 52.3 Å². The van der Waals surface area contributed by atoms with Crippen molar-refractivity contribution in [3.63, 3.8) is 0 Å². The summed E-state index contributed by atoms with van der Waals surface area (Å²) in [5, 5.41) is 0. The average molecular weight is 473 g/mol. The molecule has 0 unspecified atom stereocenters. The molecule has 0 bridgehead atoms. The van der Waals surface area contributed by atoms with E-state index in [-0.39, 0.29) is 30.1 Å². The van der Waals surface area contributed by atoms with Gasteiger partial charge in [-0.1, -0.05) is 17.4 Å². The van der Waals surface area contributed by atoms with E-state index in [1.54, 1.807) is 54.8 Å². The Bertz CT molecular complexity index is 1240. The second-order valence-electron chi connectivity index (χ2n) is 6.63. The molecule has 1 heterocycles. The van der Waals surface area contributed by atoms with E-state index in [1.807, 2.05) is 0 Å². The van der Waals surface area contributed by atoms with E-state index < -0.39 is 17.8 Å². The van der Waals surface area contributed by atoms with Gasteiger partial charge in [-0.15, -0.1) is 0 Å². The van der Waals surface area contributed by atoms with Crippen molar-refractivity contribution >= 4 is 39.4 Å². The lowest BCUT2D eigenvalue weighted by molar-refractivity contribution is -0.143. The average Bonchev–Trinajstić information content (AvgIpc) is 3.14. The second kappa shape index (κ2) is 10.8.